The smallest absolute Gasteiger partial charge is 0.141 e. The van der Waals surface area contributed by atoms with Crippen molar-refractivity contribution in [1.82, 2.24) is 24.4 Å². The third-order valence-corrected chi connectivity index (χ3v) is 2.89. The number of hydrogen-bond acceptors (Lipinski definition) is 4. The molecule has 0 saturated heterocycles. The molecule has 0 radical (unpaired) electrons. The second-order valence-electron chi connectivity index (χ2n) is 4.01. The van der Waals surface area contributed by atoms with Gasteiger partial charge < -0.3 is 9.51 Å². The van der Waals surface area contributed by atoms with Gasteiger partial charge in [0, 0.05) is 18.9 Å². The van der Waals surface area contributed by atoms with E-state index in [1.165, 1.54) is 0 Å². The zero-order chi connectivity index (χ0) is 12.5. The molecule has 0 aromatic carbocycles. The Kier molecular flexibility index (Phi) is 2.56. The number of hydrogen-bond donors (Lipinski definition) is 1. The predicted octanol–water partition coefficient (Wildman–Crippen LogP) is 1.03. The van der Waals surface area contributed by atoms with Crippen LogP contribution in [0.1, 0.15) is 24.4 Å². The molecule has 1 unspecified atom stereocenters. The summed E-state index contributed by atoms with van der Waals surface area (Å²) in [5, 5.41) is 18.0. The standard InChI is InChI=1S/C12H13N5O/c1-2-17-10(7-13-15-17)12(18)9-8-16-6-4-3-5-11(16)14-9/h3-8,12,18H,2H2,1H3. The number of fused-ring (bicyclic) bond motifs is 1. The van der Waals surface area contributed by atoms with Crippen LogP contribution in [0.2, 0.25) is 0 Å². The predicted molar refractivity (Wildman–Crippen MR) is 64.9 cm³/mol. The topological polar surface area (TPSA) is 68.2 Å². The molecule has 6 nitrogen and oxygen atoms in total. The van der Waals surface area contributed by atoms with Crippen molar-refractivity contribution in [2.45, 2.75) is 19.6 Å². The molecule has 3 aromatic heterocycles. The highest BCUT2D eigenvalue weighted by Crippen LogP contribution is 2.20. The van der Waals surface area contributed by atoms with Crippen molar-refractivity contribution in [2.75, 3.05) is 0 Å². The van der Waals surface area contributed by atoms with E-state index in [0.717, 1.165) is 5.65 Å². The molecule has 3 rings (SSSR count). The van der Waals surface area contributed by atoms with Gasteiger partial charge >= 0.3 is 0 Å². The Labute approximate surface area is 104 Å². The number of nitrogens with zero attached hydrogens (tertiary/aromatic N) is 5. The van der Waals surface area contributed by atoms with Gasteiger partial charge in [-0.3, -0.25) is 0 Å². The van der Waals surface area contributed by atoms with Gasteiger partial charge in [0.05, 0.1) is 17.6 Å². The maximum atomic E-state index is 10.3. The highest BCUT2D eigenvalue weighted by atomic mass is 16.3. The van der Waals surface area contributed by atoms with Crippen LogP contribution >= 0.6 is 0 Å². The molecule has 0 aliphatic heterocycles. The number of rotatable bonds is 3. The summed E-state index contributed by atoms with van der Waals surface area (Å²) in [5.41, 5.74) is 2.06. The monoisotopic (exact) mass is 243 g/mol. The molecule has 0 saturated carbocycles. The lowest BCUT2D eigenvalue weighted by Gasteiger charge is -2.08. The Hall–Kier alpha value is -2.21. The summed E-state index contributed by atoms with van der Waals surface area (Å²) in [4.78, 5) is 4.39. The Morgan fingerprint density at radius 1 is 1.39 bits per heavy atom. The highest BCUT2D eigenvalue weighted by molar-refractivity contribution is 5.40. The van der Waals surface area contributed by atoms with Crippen LogP contribution in [0.15, 0.2) is 36.8 Å². The van der Waals surface area contributed by atoms with Crippen molar-refractivity contribution in [3.05, 3.63) is 48.2 Å². The van der Waals surface area contributed by atoms with Gasteiger partial charge in [-0.1, -0.05) is 11.3 Å². The molecule has 0 amide bonds. The molecule has 0 aliphatic rings. The Morgan fingerprint density at radius 2 is 2.28 bits per heavy atom. The SMILES string of the molecule is CCn1nncc1C(O)c1cn2ccccc2n1. The quantitative estimate of drug-likeness (QED) is 0.746. The van der Waals surface area contributed by atoms with E-state index >= 15 is 0 Å². The summed E-state index contributed by atoms with van der Waals surface area (Å²) in [6.45, 7) is 2.62. The summed E-state index contributed by atoms with van der Waals surface area (Å²) in [7, 11) is 0. The number of imidazole rings is 1. The van der Waals surface area contributed by atoms with Gasteiger partial charge in [-0.05, 0) is 19.1 Å². The van der Waals surface area contributed by atoms with Gasteiger partial charge in [0.1, 0.15) is 11.8 Å². The fraction of sp³-hybridized carbons (Fsp3) is 0.250. The van der Waals surface area contributed by atoms with Crippen LogP contribution in [0, 0.1) is 0 Å². The van der Waals surface area contributed by atoms with E-state index in [1.807, 2.05) is 41.9 Å². The average molecular weight is 243 g/mol. The van der Waals surface area contributed by atoms with Gasteiger partial charge in [0.2, 0.25) is 0 Å². The molecule has 6 heteroatoms. The van der Waals surface area contributed by atoms with Crippen molar-refractivity contribution >= 4 is 5.65 Å². The van der Waals surface area contributed by atoms with Crippen LogP contribution < -0.4 is 0 Å². The van der Waals surface area contributed by atoms with E-state index < -0.39 is 6.10 Å². The second kappa shape index (κ2) is 4.23. The fourth-order valence-electron chi connectivity index (χ4n) is 1.96. The number of aliphatic hydroxyl groups is 1. The van der Waals surface area contributed by atoms with E-state index in [1.54, 1.807) is 10.9 Å². The van der Waals surface area contributed by atoms with Crippen LogP contribution in [-0.2, 0) is 6.54 Å². The number of aryl methyl sites for hydroxylation is 1. The Bertz CT molecular complexity index is 639. The van der Waals surface area contributed by atoms with Gasteiger partial charge in [0.25, 0.3) is 0 Å². The molecule has 0 bridgehead atoms. The summed E-state index contributed by atoms with van der Waals surface area (Å²) in [6, 6.07) is 5.73. The molecule has 3 heterocycles. The molecule has 0 spiro atoms. The number of pyridine rings is 1. The molecule has 92 valence electrons. The Morgan fingerprint density at radius 3 is 3.06 bits per heavy atom. The van der Waals surface area contributed by atoms with Crippen molar-refractivity contribution in [1.29, 1.82) is 0 Å². The highest BCUT2D eigenvalue weighted by Gasteiger charge is 2.18. The van der Waals surface area contributed by atoms with Crippen molar-refractivity contribution in [2.24, 2.45) is 0 Å². The van der Waals surface area contributed by atoms with Crippen molar-refractivity contribution in [3.63, 3.8) is 0 Å². The van der Waals surface area contributed by atoms with E-state index in [0.29, 0.717) is 17.9 Å². The third-order valence-electron chi connectivity index (χ3n) is 2.89. The van der Waals surface area contributed by atoms with E-state index in [4.69, 9.17) is 0 Å². The first-order valence-corrected chi connectivity index (χ1v) is 5.79. The maximum absolute atomic E-state index is 10.3. The van der Waals surface area contributed by atoms with E-state index in [2.05, 4.69) is 15.3 Å². The van der Waals surface area contributed by atoms with Crippen LogP contribution in [0.4, 0.5) is 0 Å². The van der Waals surface area contributed by atoms with Crippen LogP contribution in [0.25, 0.3) is 5.65 Å². The second-order valence-corrected chi connectivity index (χ2v) is 4.01. The molecule has 3 aromatic rings. The van der Waals surface area contributed by atoms with Gasteiger partial charge in [-0.2, -0.15) is 0 Å². The summed E-state index contributed by atoms with van der Waals surface area (Å²) < 4.78 is 3.54. The lowest BCUT2D eigenvalue weighted by atomic mass is 10.2. The van der Waals surface area contributed by atoms with Crippen molar-refractivity contribution in [3.8, 4) is 0 Å². The largest absolute Gasteiger partial charge is 0.380 e. The normalized spacial score (nSPS) is 13.0. The third kappa shape index (κ3) is 1.67. The zero-order valence-electron chi connectivity index (χ0n) is 9.93. The van der Waals surface area contributed by atoms with Gasteiger partial charge in [-0.25, -0.2) is 9.67 Å². The number of aromatic nitrogens is 5. The number of aliphatic hydroxyl groups excluding tert-OH is 1. The summed E-state index contributed by atoms with van der Waals surface area (Å²) in [6.07, 6.45) is 4.47. The molecule has 1 atom stereocenters. The Balaban J connectivity index is 2.03. The minimum atomic E-state index is -0.806. The average Bonchev–Trinajstić information content (AvgIpc) is 3.03. The van der Waals surface area contributed by atoms with E-state index in [-0.39, 0.29) is 0 Å². The molecule has 18 heavy (non-hydrogen) atoms. The van der Waals surface area contributed by atoms with Crippen LogP contribution in [-0.4, -0.2) is 29.5 Å². The van der Waals surface area contributed by atoms with Gasteiger partial charge in [0.15, 0.2) is 0 Å². The lowest BCUT2D eigenvalue weighted by Crippen LogP contribution is -2.09. The van der Waals surface area contributed by atoms with E-state index in [9.17, 15) is 5.11 Å². The first-order chi connectivity index (χ1) is 8.79. The maximum Gasteiger partial charge on any atom is 0.141 e. The zero-order valence-corrected chi connectivity index (χ0v) is 9.93. The van der Waals surface area contributed by atoms with Crippen LogP contribution in [0.3, 0.4) is 0 Å². The van der Waals surface area contributed by atoms with Crippen molar-refractivity contribution < 1.29 is 5.11 Å². The molecule has 1 N–H and O–H groups in total. The molecule has 0 fully saturated rings. The molecular weight excluding hydrogens is 230 g/mol. The molecular formula is C12H13N5O. The summed E-state index contributed by atoms with van der Waals surface area (Å²) in [5.74, 6) is 0. The van der Waals surface area contributed by atoms with Crippen LogP contribution in [0.5, 0.6) is 0 Å². The van der Waals surface area contributed by atoms with Gasteiger partial charge in [-0.15, -0.1) is 5.10 Å². The minimum Gasteiger partial charge on any atom is -0.380 e. The first kappa shape index (κ1) is 10.9. The fourth-order valence-corrected chi connectivity index (χ4v) is 1.96. The summed E-state index contributed by atoms with van der Waals surface area (Å²) >= 11 is 0. The first-order valence-electron chi connectivity index (χ1n) is 5.79. The lowest BCUT2D eigenvalue weighted by molar-refractivity contribution is 0.204. The minimum absolute atomic E-state index is 0.596. The molecule has 0 aliphatic carbocycles.